The maximum Gasteiger partial charge on any atom is 0.407 e. The lowest BCUT2D eigenvalue weighted by atomic mass is 9.98. The minimum Gasteiger partial charge on any atom is -0.481 e. The van der Waals surface area contributed by atoms with Crippen LogP contribution in [0.25, 0.3) is 22.0 Å². The molecule has 0 saturated carbocycles. The lowest BCUT2D eigenvalue weighted by molar-refractivity contribution is -0.139. The van der Waals surface area contributed by atoms with E-state index in [0.29, 0.717) is 11.2 Å². The Balaban J connectivity index is 1.28. The van der Waals surface area contributed by atoms with Crippen molar-refractivity contribution in [1.29, 1.82) is 0 Å². The summed E-state index contributed by atoms with van der Waals surface area (Å²) in [6.07, 6.45) is 0.136. The molecule has 0 aliphatic heterocycles. The first kappa shape index (κ1) is 22.1. The van der Waals surface area contributed by atoms with E-state index in [2.05, 4.69) is 20.8 Å². The summed E-state index contributed by atoms with van der Waals surface area (Å²) in [4.78, 5) is 36.9. The Morgan fingerprint density at radius 1 is 0.971 bits per heavy atom. The van der Waals surface area contributed by atoms with Crippen molar-refractivity contribution in [2.24, 2.45) is 0 Å². The van der Waals surface area contributed by atoms with Crippen LogP contribution < -0.4 is 10.6 Å². The van der Waals surface area contributed by atoms with Crippen molar-refractivity contribution in [2.45, 2.75) is 18.4 Å². The minimum atomic E-state index is -1.33. The molecule has 176 valence electrons. The number of carboxylic acids is 1. The highest BCUT2D eigenvalue weighted by molar-refractivity contribution is 6.04. The average molecular weight is 470 g/mol. The Kier molecular flexibility index (Phi) is 5.88. The number of amides is 2. The van der Waals surface area contributed by atoms with Crippen LogP contribution in [0.15, 0.2) is 72.9 Å². The second-order valence-electron chi connectivity index (χ2n) is 8.25. The number of hydrogen-bond donors (Lipinski definition) is 4. The van der Waals surface area contributed by atoms with Crippen molar-refractivity contribution in [2.75, 3.05) is 11.9 Å². The van der Waals surface area contributed by atoms with Crippen LogP contribution in [0.3, 0.4) is 0 Å². The van der Waals surface area contributed by atoms with Crippen LogP contribution in [-0.4, -0.2) is 45.9 Å². The van der Waals surface area contributed by atoms with E-state index >= 15 is 0 Å². The van der Waals surface area contributed by atoms with Crippen LogP contribution in [0.5, 0.6) is 0 Å². The Bertz CT molecular complexity index is 1380. The number of hydrogen-bond acceptors (Lipinski definition) is 5. The third kappa shape index (κ3) is 4.43. The molecule has 9 nitrogen and oxygen atoms in total. The fourth-order valence-corrected chi connectivity index (χ4v) is 4.46. The minimum absolute atomic E-state index is 0.0503. The van der Waals surface area contributed by atoms with Gasteiger partial charge >= 0.3 is 12.1 Å². The summed E-state index contributed by atoms with van der Waals surface area (Å²) >= 11 is 0. The summed E-state index contributed by atoms with van der Waals surface area (Å²) in [6, 6.07) is 19.7. The number of para-hydroxylation sites is 1. The third-order valence-corrected chi connectivity index (χ3v) is 6.07. The Labute approximate surface area is 200 Å². The molecule has 1 aromatic heterocycles. The van der Waals surface area contributed by atoms with Gasteiger partial charge in [0.2, 0.25) is 5.91 Å². The van der Waals surface area contributed by atoms with E-state index in [1.165, 1.54) is 0 Å². The molecule has 1 aliphatic rings. The first-order valence-electron chi connectivity index (χ1n) is 11.1. The Hall–Kier alpha value is -4.66. The zero-order valence-corrected chi connectivity index (χ0v) is 18.5. The number of nitrogens with one attached hydrogen (secondary N) is 3. The number of aliphatic carboxylic acids is 1. The normalized spacial score (nSPS) is 13.0. The Morgan fingerprint density at radius 3 is 2.34 bits per heavy atom. The summed E-state index contributed by atoms with van der Waals surface area (Å²) in [7, 11) is 0. The maximum absolute atomic E-state index is 12.9. The molecule has 2 amide bonds. The van der Waals surface area contributed by atoms with Gasteiger partial charge in [0.25, 0.3) is 0 Å². The molecule has 9 heteroatoms. The van der Waals surface area contributed by atoms with E-state index in [9.17, 15) is 19.5 Å². The fourth-order valence-electron chi connectivity index (χ4n) is 4.46. The molecule has 0 fully saturated rings. The highest BCUT2D eigenvalue weighted by atomic mass is 16.5. The highest BCUT2D eigenvalue weighted by Gasteiger charge is 2.30. The number of carbonyl (C=O) groups is 3. The van der Waals surface area contributed by atoms with Crippen molar-refractivity contribution >= 4 is 34.6 Å². The van der Waals surface area contributed by atoms with Crippen LogP contribution in [0.4, 0.5) is 10.5 Å². The fraction of sp³-hybridized carbons (Fsp3) is 0.154. The molecule has 4 N–H and O–H groups in total. The number of ether oxygens (including phenoxy) is 1. The number of alkyl carbamates (subject to hydrolysis) is 1. The summed E-state index contributed by atoms with van der Waals surface area (Å²) in [5, 5.41) is 21.9. The van der Waals surface area contributed by atoms with Crippen molar-refractivity contribution in [3.05, 3.63) is 84.1 Å². The van der Waals surface area contributed by atoms with Gasteiger partial charge < -0.3 is 20.5 Å². The number of H-pyrrole nitrogens is 1. The van der Waals surface area contributed by atoms with Gasteiger partial charge in [0.05, 0.1) is 23.8 Å². The zero-order valence-electron chi connectivity index (χ0n) is 18.5. The lowest BCUT2D eigenvalue weighted by Crippen LogP contribution is -2.45. The van der Waals surface area contributed by atoms with Crippen LogP contribution in [0.1, 0.15) is 23.5 Å². The molecule has 5 rings (SSSR count). The molecule has 1 unspecified atom stereocenters. The Morgan fingerprint density at radius 2 is 1.66 bits per heavy atom. The molecule has 1 heterocycles. The molecule has 0 saturated heterocycles. The maximum atomic E-state index is 12.9. The van der Waals surface area contributed by atoms with Crippen LogP contribution in [-0.2, 0) is 14.3 Å². The van der Waals surface area contributed by atoms with Crippen molar-refractivity contribution in [3.63, 3.8) is 0 Å². The number of fused-ring (bicyclic) bond motifs is 4. The number of rotatable bonds is 7. The van der Waals surface area contributed by atoms with Gasteiger partial charge in [-0.15, -0.1) is 0 Å². The van der Waals surface area contributed by atoms with E-state index in [-0.39, 0.29) is 12.5 Å². The largest absolute Gasteiger partial charge is 0.481 e. The standard InChI is InChI=1S/C26H22N4O5/c31-23(32)12-22(25(33)28-21-11-5-6-15-13-27-30-24(15)21)29-26(34)35-14-20-18-9-3-1-7-16(18)17-8-2-4-10-19(17)20/h1-11,13,20,22H,12,14H2,(H,27,30)(H,28,33)(H,29,34)(H,31,32). The molecule has 1 aliphatic carbocycles. The number of carbonyl (C=O) groups excluding carboxylic acids is 2. The quantitative estimate of drug-likeness (QED) is 0.324. The van der Waals surface area contributed by atoms with Gasteiger partial charge in [-0.1, -0.05) is 60.7 Å². The first-order valence-corrected chi connectivity index (χ1v) is 11.1. The molecule has 35 heavy (non-hydrogen) atoms. The summed E-state index contributed by atoms with van der Waals surface area (Å²) in [6.45, 7) is 0.0503. The summed E-state index contributed by atoms with van der Waals surface area (Å²) < 4.78 is 5.47. The number of benzene rings is 3. The van der Waals surface area contributed by atoms with E-state index in [1.807, 2.05) is 54.6 Å². The van der Waals surface area contributed by atoms with Gasteiger partial charge in [0.15, 0.2) is 0 Å². The van der Waals surface area contributed by atoms with E-state index in [4.69, 9.17) is 4.74 Å². The molecule has 0 bridgehead atoms. The van der Waals surface area contributed by atoms with Crippen LogP contribution in [0, 0.1) is 0 Å². The number of aromatic nitrogens is 2. The van der Waals surface area contributed by atoms with E-state index < -0.39 is 30.4 Å². The monoisotopic (exact) mass is 470 g/mol. The molecule has 1 atom stereocenters. The van der Waals surface area contributed by atoms with E-state index in [0.717, 1.165) is 27.6 Å². The molecule has 0 radical (unpaired) electrons. The summed E-state index contributed by atoms with van der Waals surface area (Å²) in [5.74, 6) is -2.07. The smallest absolute Gasteiger partial charge is 0.407 e. The number of anilines is 1. The number of nitrogens with zero attached hydrogens (tertiary/aromatic N) is 1. The van der Waals surface area contributed by atoms with Crippen LogP contribution >= 0.6 is 0 Å². The van der Waals surface area contributed by atoms with Crippen LogP contribution in [0.2, 0.25) is 0 Å². The van der Waals surface area contributed by atoms with Gasteiger partial charge in [-0.25, -0.2) is 4.79 Å². The van der Waals surface area contributed by atoms with Crippen molar-refractivity contribution in [3.8, 4) is 11.1 Å². The lowest BCUT2D eigenvalue weighted by Gasteiger charge is -2.19. The average Bonchev–Trinajstić information content (AvgIpc) is 3.46. The third-order valence-electron chi connectivity index (χ3n) is 6.07. The highest BCUT2D eigenvalue weighted by Crippen LogP contribution is 2.44. The van der Waals surface area contributed by atoms with Gasteiger partial charge in [-0.05, 0) is 28.3 Å². The predicted molar refractivity (Wildman–Crippen MR) is 129 cm³/mol. The number of carboxylic acid groups (broad SMARTS) is 1. The van der Waals surface area contributed by atoms with Gasteiger partial charge in [0, 0.05) is 11.3 Å². The topological polar surface area (TPSA) is 133 Å². The van der Waals surface area contributed by atoms with Crippen molar-refractivity contribution < 1.29 is 24.2 Å². The first-order chi connectivity index (χ1) is 17.0. The molecule has 3 aromatic carbocycles. The van der Waals surface area contributed by atoms with Crippen molar-refractivity contribution in [1.82, 2.24) is 15.5 Å². The molecule has 4 aromatic rings. The second kappa shape index (κ2) is 9.30. The van der Waals surface area contributed by atoms with Gasteiger partial charge in [0.1, 0.15) is 12.6 Å². The summed E-state index contributed by atoms with van der Waals surface area (Å²) in [5.41, 5.74) is 5.30. The molecular weight excluding hydrogens is 448 g/mol. The van der Waals surface area contributed by atoms with Gasteiger partial charge in [-0.3, -0.25) is 14.7 Å². The predicted octanol–water partition coefficient (Wildman–Crippen LogP) is 3.88. The molecular formula is C26H22N4O5. The second-order valence-corrected chi connectivity index (χ2v) is 8.25. The van der Waals surface area contributed by atoms with Gasteiger partial charge in [-0.2, -0.15) is 5.10 Å². The van der Waals surface area contributed by atoms with E-state index in [1.54, 1.807) is 18.3 Å². The number of aromatic amines is 1. The zero-order chi connectivity index (χ0) is 24.4. The SMILES string of the molecule is O=C(O)CC(NC(=O)OCC1c2ccccc2-c2ccccc21)C(=O)Nc1cccc2cn[nH]c12. The molecule has 0 spiro atoms.